The first-order valence-corrected chi connectivity index (χ1v) is 8.00. The van der Waals surface area contributed by atoms with Gasteiger partial charge < -0.3 is 14.8 Å². The van der Waals surface area contributed by atoms with Crippen LogP contribution in [0.3, 0.4) is 0 Å². The van der Waals surface area contributed by atoms with Crippen molar-refractivity contribution in [3.63, 3.8) is 0 Å². The summed E-state index contributed by atoms with van der Waals surface area (Å²) in [5.41, 5.74) is 0. The fourth-order valence-electron chi connectivity index (χ4n) is 2.58. The fraction of sp³-hybridized carbons (Fsp3) is 1.00. The minimum absolute atomic E-state index is 0.230. The maximum atomic E-state index is 12.1. The van der Waals surface area contributed by atoms with Crippen molar-refractivity contribution >= 4 is 10.8 Å². The van der Waals surface area contributed by atoms with E-state index in [2.05, 4.69) is 5.32 Å². The predicted molar refractivity (Wildman–Crippen MR) is 68.6 cm³/mol. The van der Waals surface area contributed by atoms with Gasteiger partial charge in [0.05, 0.1) is 12.7 Å². The average Bonchev–Trinajstić information content (AvgIpc) is 2.97. The summed E-state index contributed by atoms with van der Waals surface area (Å²) in [5, 5.41) is 3.29. The van der Waals surface area contributed by atoms with Gasteiger partial charge in [-0.3, -0.25) is 4.21 Å². The van der Waals surface area contributed by atoms with E-state index in [0.29, 0.717) is 17.7 Å². The Hall–Kier alpha value is 0.0300. The maximum absolute atomic E-state index is 12.1. The van der Waals surface area contributed by atoms with Crippen molar-refractivity contribution in [1.82, 2.24) is 5.32 Å². The Bertz CT molecular complexity index is 250. The Balaban J connectivity index is 1.74. The monoisotopic (exact) mass is 261 g/mol. The molecular formula is C12H23NO3S. The van der Waals surface area contributed by atoms with Gasteiger partial charge in [-0.05, 0) is 26.3 Å². The first-order chi connectivity index (χ1) is 8.29. The third kappa shape index (κ3) is 4.02. The van der Waals surface area contributed by atoms with E-state index in [9.17, 15) is 4.21 Å². The number of nitrogens with one attached hydrogen (secondary N) is 1. The molecule has 4 unspecified atom stereocenters. The minimum atomic E-state index is -0.779. The molecule has 2 saturated heterocycles. The zero-order chi connectivity index (χ0) is 12.1. The highest BCUT2D eigenvalue weighted by atomic mass is 32.2. The van der Waals surface area contributed by atoms with Crippen molar-refractivity contribution < 1.29 is 13.7 Å². The summed E-state index contributed by atoms with van der Waals surface area (Å²) in [6.45, 7) is 2.50. The van der Waals surface area contributed by atoms with E-state index in [1.165, 1.54) is 0 Å². The van der Waals surface area contributed by atoms with E-state index in [1.54, 1.807) is 0 Å². The first kappa shape index (κ1) is 13.5. The Morgan fingerprint density at radius 2 is 2.29 bits per heavy atom. The highest BCUT2D eigenvalue weighted by molar-refractivity contribution is 7.85. The Kier molecular flexibility index (Phi) is 5.41. The van der Waals surface area contributed by atoms with Crippen molar-refractivity contribution in [2.45, 2.75) is 31.4 Å². The third-order valence-corrected chi connectivity index (χ3v) is 5.14. The number of hydrogen-bond acceptors (Lipinski definition) is 4. The molecule has 4 atom stereocenters. The summed E-state index contributed by atoms with van der Waals surface area (Å²) in [6.07, 6.45) is 3.51. The van der Waals surface area contributed by atoms with Crippen LogP contribution in [0.2, 0.25) is 0 Å². The van der Waals surface area contributed by atoms with Crippen LogP contribution in [0.15, 0.2) is 0 Å². The molecular weight excluding hydrogens is 238 g/mol. The van der Waals surface area contributed by atoms with Crippen LogP contribution in [-0.4, -0.2) is 54.7 Å². The lowest BCUT2D eigenvalue weighted by Crippen LogP contribution is -2.39. The van der Waals surface area contributed by atoms with Crippen LogP contribution in [-0.2, 0) is 20.3 Å². The van der Waals surface area contributed by atoms with Crippen molar-refractivity contribution in [1.29, 1.82) is 0 Å². The molecule has 0 aromatic carbocycles. The smallest absolute Gasteiger partial charge is 0.0691 e. The standard InChI is InChI=1S/C12H23NO3S/c1-13-12(10-4-6-15-7-10)9-17(14)8-11-3-2-5-16-11/h10-13H,2-9H2,1H3. The highest BCUT2D eigenvalue weighted by Crippen LogP contribution is 2.18. The number of rotatable bonds is 6. The summed E-state index contributed by atoms with van der Waals surface area (Å²) in [4.78, 5) is 0. The van der Waals surface area contributed by atoms with Crippen molar-refractivity contribution in [2.75, 3.05) is 38.4 Å². The third-order valence-electron chi connectivity index (χ3n) is 3.67. The topological polar surface area (TPSA) is 47.6 Å². The lowest BCUT2D eigenvalue weighted by molar-refractivity contribution is 0.128. The second-order valence-corrected chi connectivity index (χ2v) is 6.47. The fourth-order valence-corrected chi connectivity index (χ4v) is 4.23. The largest absolute Gasteiger partial charge is 0.381 e. The van der Waals surface area contributed by atoms with Crippen LogP contribution in [0.1, 0.15) is 19.3 Å². The summed E-state index contributed by atoms with van der Waals surface area (Å²) < 4.78 is 23.0. The van der Waals surface area contributed by atoms with Gasteiger partial charge in [0, 0.05) is 47.5 Å². The van der Waals surface area contributed by atoms with Crippen LogP contribution < -0.4 is 5.32 Å². The SMILES string of the molecule is CNC(CS(=O)CC1CCCO1)C1CCOC1. The molecule has 0 bridgehead atoms. The number of ether oxygens (including phenoxy) is 2. The van der Waals surface area contributed by atoms with Crippen molar-refractivity contribution in [3.8, 4) is 0 Å². The summed E-state index contributed by atoms with van der Waals surface area (Å²) in [7, 11) is 1.17. The minimum Gasteiger partial charge on any atom is -0.381 e. The van der Waals surface area contributed by atoms with Gasteiger partial charge in [0.2, 0.25) is 0 Å². The molecule has 17 heavy (non-hydrogen) atoms. The van der Waals surface area contributed by atoms with Crippen LogP contribution in [0.5, 0.6) is 0 Å². The van der Waals surface area contributed by atoms with Gasteiger partial charge in [0.25, 0.3) is 0 Å². The molecule has 0 saturated carbocycles. The molecule has 0 radical (unpaired) electrons. The van der Waals surface area contributed by atoms with Gasteiger partial charge in [0.1, 0.15) is 0 Å². The molecule has 2 fully saturated rings. The van der Waals surface area contributed by atoms with E-state index >= 15 is 0 Å². The summed E-state index contributed by atoms with van der Waals surface area (Å²) in [6, 6.07) is 0.319. The van der Waals surface area contributed by atoms with Crippen LogP contribution in [0.4, 0.5) is 0 Å². The molecule has 4 nitrogen and oxygen atoms in total. The van der Waals surface area contributed by atoms with E-state index in [0.717, 1.165) is 44.8 Å². The molecule has 0 aromatic rings. The molecule has 1 N–H and O–H groups in total. The lowest BCUT2D eigenvalue weighted by atomic mass is 10.0. The van der Waals surface area contributed by atoms with Crippen LogP contribution in [0.25, 0.3) is 0 Å². The molecule has 2 aliphatic rings. The van der Waals surface area contributed by atoms with Gasteiger partial charge in [-0.1, -0.05) is 0 Å². The predicted octanol–water partition coefficient (Wildman–Crippen LogP) is 0.539. The molecule has 0 amide bonds. The van der Waals surface area contributed by atoms with Crippen LogP contribution >= 0.6 is 0 Å². The van der Waals surface area contributed by atoms with Gasteiger partial charge in [-0.2, -0.15) is 0 Å². The molecule has 2 aliphatic heterocycles. The van der Waals surface area contributed by atoms with E-state index in [1.807, 2.05) is 7.05 Å². The molecule has 0 aromatic heterocycles. The van der Waals surface area contributed by atoms with Gasteiger partial charge in [-0.15, -0.1) is 0 Å². The summed E-state index contributed by atoms with van der Waals surface area (Å²) >= 11 is 0. The molecule has 5 heteroatoms. The van der Waals surface area contributed by atoms with E-state index < -0.39 is 10.8 Å². The molecule has 100 valence electrons. The second-order valence-electron chi connectivity index (χ2n) is 4.93. The normalized spacial score (nSPS) is 32.8. The Morgan fingerprint density at radius 3 is 2.88 bits per heavy atom. The molecule has 2 rings (SSSR count). The zero-order valence-corrected chi connectivity index (χ0v) is 11.3. The van der Waals surface area contributed by atoms with E-state index in [4.69, 9.17) is 9.47 Å². The quantitative estimate of drug-likeness (QED) is 0.758. The lowest BCUT2D eigenvalue weighted by Gasteiger charge is -2.22. The Labute approximate surface area is 106 Å². The first-order valence-electron chi connectivity index (χ1n) is 6.51. The molecule has 0 spiro atoms. The highest BCUT2D eigenvalue weighted by Gasteiger charge is 2.27. The van der Waals surface area contributed by atoms with E-state index in [-0.39, 0.29) is 6.10 Å². The zero-order valence-electron chi connectivity index (χ0n) is 10.5. The van der Waals surface area contributed by atoms with Crippen LogP contribution in [0, 0.1) is 5.92 Å². The second kappa shape index (κ2) is 6.83. The molecule has 0 aliphatic carbocycles. The molecule has 2 heterocycles. The van der Waals surface area contributed by atoms with Crippen molar-refractivity contribution in [3.05, 3.63) is 0 Å². The Morgan fingerprint density at radius 1 is 1.41 bits per heavy atom. The van der Waals surface area contributed by atoms with Crippen molar-refractivity contribution in [2.24, 2.45) is 5.92 Å². The van der Waals surface area contributed by atoms with Gasteiger partial charge in [-0.25, -0.2) is 0 Å². The summed E-state index contributed by atoms with van der Waals surface area (Å²) in [5.74, 6) is 1.95. The number of hydrogen-bond donors (Lipinski definition) is 1. The average molecular weight is 261 g/mol. The van der Waals surface area contributed by atoms with Gasteiger partial charge in [0.15, 0.2) is 0 Å². The maximum Gasteiger partial charge on any atom is 0.0691 e. The van der Waals surface area contributed by atoms with Gasteiger partial charge >= 0.3 is 0 Å².